The van der Waals surface area contributed by atoms with Gasteiger partial charge in [0.25, 0.3) is 11.9 Å². The molecule has 1 aliphatic rings. The van der Waals surface area contributed by atoms with Gasteiger partial charge in [0.2, 0.25) is 6.10 Å². The number of H-pyrrole nitrogens is 1. The minimum Gasteiger partial charge on any atom is -0.448 e. The first-order chi connectivity index (χ1) is 9.54. The number of carbonyl (C=O) groups is 1. The lowest BCUT2D eigenvalue weighted by atomic mass is 9.89. The van der Waals surface area contributed by atoms with Crippen LogP contribution in [0.1, 0.15) is 12.5 Å². The van der Waals surface area contributed by atoms with E-state index in [1.165, 1.54) is 7.05 Å². The van der Waals surface area contributed by atoms with E-state index in [0.717, 1.165) is 10.9 Å². The molecule has 2 heterocycles. The highest BCUT2D eigenvalue weighted by molar-refractivity contribution is 6.03. The first-order valence-corrected chi connectivity index (χ1v) is 6.27. The van der Waals surface area contributed by atoms with Gasteiger partial charge in [-0.15, -0.1) is 0 Å². The van der Waals surface area contributed by atoms with Gasteiger partial charge in [0, 0.05) is 29.7 Å². The number of hydrogen-bond donors (Lipinski definition) is 3. The van der Waals surface area contributed by atoms with Gasteiger partial charge in [-0.2, -0.15) is 0 Å². The SMILES string of the molecule is CN=C1NC(=O)[C@H]([C@](C)(O)c2c[nH]c3ccccc23)O1. The number of amidine groups is 1. The number of aliphatic hydroxyl groups is 1. The zero-order chi connectivity index (χ0) is 14.3. The fourth-order valence-corrected chi connectivity index (χ4v) is 2.48. The molecule has 0 bridgehead atoms. The summed E-state index contributed by atoms with van der Waals surface area (Å²) in [7, 11) is 1.51. The monoisotopic (exact) mass is 273 g/mol. The standard InChI is InChI=1S/C14H15N3O3/c1-14(19,11-12(18)17-13(15-2)20-11)9-7-16-10-6-4-3-5-8(9)10/h3-7,11,16,19H,1-2H3,(H,15,17,18)/t11-,14-/m1/s1. The van der Waals surface area contributed by atoms with Crippen LogP contribution in [0.4, 0.5) is 0 Å². The molecule has 1 aromatic carbocycles. The van der Waals surface area contributed by atoms with Crippen LogP contribution in [-0.4, -0.2) is 35.2 Å². The number of aromatic amines is 1. The van der Waals surface area contributed by atoms with Gasteiger partial charge in [0.15, 0.2) is 0 Å². The van der Waals surface area contributed by atoms with Crippen molar-refractivity contribution in [2.24, 2.45) is 4.99 Å². The van der Waals surface area contributed by atoms with Gasteiger partial charge >= 0.3 is 0 Å². The molecule has 3 N–H and O–H groups in total. The molecule has 3 rings (SSSR count). The molecule has 2 atom stereocenters. The lowest BCUT2D eigenvalue weighted by molar-refractivity contribution is -0.135. The van der Waals surface area contributed by atoms with Crippen LogP contribution in [0.3, 0.4) is 0 Å². The second kappa shape index (κ2) is 4.35. The van der Waals surface area contributed by atoms with Gasteiger partial charge in [-0.05, 0) is 13.0 Å². The summed E-state index contributed by atoms with van der Waals surface area (Å²) in [6.45, 7) is 1.56. The van der Waals surface area contributed by atoms with Crippen molar-refractivity contribution in [3.63, 3.8) is 0 Å². The molecule has 0 radical (unpaired) electrons. The third-order valence-electron chi connectivity index (χ3n) is 3.55. The number of benzene rings is 1. The molecular formula is C14H15N3O3. The number of aliphatic imine (C=N–C) groups is 1. The lowest BCUT2D eigenvalue weighted by Crippen LogP contribution is -2.42. The molecule has 2 aromatic rings. The van der Waals surface area contributed by atoms with Gasteiger partial charge in [0.1, 0.15) is 5.60 Å². The third kappa shape index (κ3) is 1.77. The zero-order valence-electron chi connectivity index (χ0n) is 11.2. The Balaban J connectivity index is 2.06. The van der Waals surface area contributed by atoms with E-state index in [0.29, 0.717) is 5.56 Å². The van der Waals surface area contributed by atoms with E-state index in [1.54, 1.807) is 13.1 Å². The molecule has 1 saturated heterocycles. The number of para-hydroxylation sites is 1. The molecule has 0 saturated carbocycles. The summed E-state index contributed by atoms with van der Waals surface area (Å²) in [6, 6.07) is 7.70. The fourth-order valence-electron chi connectivity index (χ4n) is 2.48. The van der Waals surface area contributed by atoms with Gasteiger partial charge in [-0.3, -0.25) is 10.1 Å². The molecule has 0 unspecified atom stereocenters. The molecule has 0 spiro atoms. The minimum atomic E-state index is -1.46. The molecule has 1 aromatic heterocycles. The molecular weight excluding hydrogens is 258 g/mol. The quantitative estimate of drug-likeness (QED) is 0.759. The van der Waals surface area contributed by atoms with Crippen LogP contribution >= 0.6 is 0 Å². The van der Waals surface area contributed by atoms with Crippen LogP contribution in [0.5, 0.6) is 0 Å². The van der Waals surface area contributed by atoms with Crippen molar-refractivity contribution in [1.29, 1.82) is 0 Å². The van der Waals surface area contributed by atoms with Crippen LogP contribution in [0.2, 0.25) is 0 Å². The average Bonchev–Trinajstić information content (AvgIpc) is 3.02. The minimum absolute atomic E-state index is 0.125. The second-order valence-corrected chi connectivity index (χ2v) is 4.91. The number of amides is 1. The Morgan fingerprint density at radius 1 is 1.40 bits per heavy atom. The maximum atomic E-state index is 11.9. The van der Waals surface area contributed by atoms with Crippen molar-refractivity contribution in [3.8, 4) is 0 Å². The largest absolute Gasteiger partial charge is 0.448 e. The topological polar surface area (TPSA) is 86.7 Å². The van der Waals surface area contributed by atoms with E-state index in [1.807, 2.05) is 24.3 Å². The number of nitrogens with one attached hydrogen (secondary N) is 2. The maximum absolute atomic E-state index is 11.9. The number of rotatable bonds is 2. The van der Waals surface area contributed by atoms with Gasteiger partial charge in [-0.25, -0.2) is 4.99 Å². The van der Waals surface area contributed by atoms with Crippen molar-refractivity contribution in [2.75, 3.05) is 7.05 Å². The Labute approximate surface area is 115 Å². The first kappa shape index (κ1) is 12.7. The maximum Gasteiger partial charge on any atom is 0.292 e. The van der Waals surface area contributed by atoms with E-state index < -0.39 is 17.6 Å². The van der Waals surface area contributed by atoms with Crippen molar-refractivity contribution in [1.82, 2.24) is 10.3 Å². The normalized spacial score (nSPS) is 23.6. The Morgan fingerprint density at radius 3 is 2.85 bits per heavy atom. The molecule has 6 nitrogen and oxygen atoms in total. The molecule has 0 aliphatic carbocycles. The molecule has 20 heavy (non-hydrogen) atoms. The summed E-state index contributed by atoms with van der Waals surface area (Å²) in [5.41, 5.74) is 0.0482. The lowest BCUT2D eigenvalue weighted by Gasteiger charge is -2.26. The van der Waals surface area contributed by atoms with Gasteiger partial charge in [0.05, 0.1) is 0 Å². The van der Waals surface area contributed by atoms with Crippen molar-refractivity contribution >= 4 is 22.8 Å². The molecule has 6 heteroatoms. The molecule has 1 fully saturated rings. The van der Waals surface area contributed by atoms with E-state index in [9.17, 15) is 9.90 Å². The highest BCUT2D eigenvalue weighted by Crippen LogP contribution is 2.34. The number of carbonyl (C=O) groups excluding carboxylic acids is 1. The highest BCUT2D eigenvalue weighted by Gasteiger charge is 2.47. The number of ether oxygens (including phenoxy) is 1. The summed E-state index contributed by atoms with van der Waals surface area (Å²) >= 11 is 0. The Hall–Kier alpha value is -2.34. The van der Waals surface area contributed by atoms with Crippen LogP contribution in [-0.2, 0) is 15.1 Å². The smallest absolute Gasteiger partial charge is 0.292 e. The van der Waals surface area contributed by atoms with Crippen LogP contribution in [0.25, 0.3) is 10.9 Å². The zero-order valence-corrected chi connectivity index (χ0v) is 11.2. The summed E-state index contributed by atoms with van der Waals surface area (Å²) in [4.78, 5) is 18.8. The van der Waals surface area contributed by atoms with E-state index >= 15 is 0 Å². The Morgan fingerprint density at radius 2 is 2.15 bits per heavy atom. The number of fused-ring (bicyclic) bond motifs is 1. The Kier molecular flexibility index (Phi) is 2.76. The van der Waals surface area contributed by atoms with Gasteiger partial charge in [-0.1, -0.05) is 18.2 Å². The Bertz CT molecular complexity index is 703. The predicted octanol–water partition coefficient (Wildman–Crippen LogP) is 0.876. The molecule has 1 amide bonds. The summed E-state index contributed by atoms with van der Waals surface area (Å²) in [6.07, 6.45) is 0.669. The van der Waals surface area contributed by atoms with E-state index in [4.69, 9.17) is 4.74 Å². The number of nitrogens with zero attached hydrogens (tertiary/aromatic N) is 1. The van der Waals surface area contributed by atoms with Crippen LogP contribution in [0.15, 0.2) is 35.5 Å². The van der Waals surface area contributed by atoms with Gasteiger partial charge < -0.3 is 14.8 Å². The van der Waals surface area contributed by atoms with Crippen LogP contribution in [0, 0.1) is 0 Å². The van der Waals surface area contributed by atoms with E-state index in [2.05, 4.69) is 15.3 Å². The summed E-state index contributed by atoms with van der Waals surface area (Å²) in [5, 5.41) is 14.1. The predicted molar refractivity (Wildman–Crippen MR) is 74.2 cm³/mol. The van der Waals surface area contributed by atoms with Crippen molar-refractivity contribution in [3.05, 3.63) is 36.0 Å². The second-order valence-electron chi connectivity index (χ2n) is 4.91. The van der Waals surface area contributed by atoms with Crippen molar-refractivity contribution < 1.29 is 14.6 Å². The third-order valence-corrected chi connectivity index (χ3v) is 3.55. The average molecular weight is 273 g/mol. The summed E-state index contributed by atoms with van der Waals surface area (Å²) < 4.78 is 5.39. The fraction of sp³-hybridized carbons (Fsp3) is 0.286. The molecule has 104 valence electrons. The van der Waals surface area contributed by atoms with Crippen LogP contribution < -0.4 is 5.32 Å². The number of aromatic nitrogens is 1. The summed E-state index contributed by atoms with van der Waals surface area (Å²) in [5.74, 6) is -0.402. The number of hydrogen-bond acceptors (Lipinski definition) is 4. The van der Waals surface area contributed by atoms with E-state index in [-0.39, 0.29) is 6.02 Å². The van der Waals surface area contributed by atoms with Crippen molar-refractivity contribution in [2.45, 2.75) is 18.6 Å². The first-order valence-electron chi connectivity index (χ1n) is 6.27. The highest BCUT2D eigenvalue weighted by atomic mass is 16.5. The molecule has 1 aliphatic heterocycles.